The van der Waals surface area contributed by atoms with Crippen LogP contribution < -0.4 is 21.5 Å². The SMILES string of the molecule is CCCCCCCCCCCCCCCCCC[n+]1ccn(CCCCCCCCCCCC)c1.[Br-]. The highest BCUT2D eigenvalue weighted by molar-refractivity contribution is 4.66. The molecule has 0 fully saturated rings. The molecule has 0 unspecified atom stereocenters. The minimum absolute atomic E-state index is 0. The van der Waals surface area contributed by atoms with Gasteiger partial charge in [-0.2, -0.15) is 0 Å². The Labute approximate surface area is 238 Å². The molecule has 0 aliphatic rings. The van der Waals surface area contributed by atoms with Crippen LogP contribution in [0.5, 0.6) is 0 Å². The molecule has 214 valence electrons. The minimum Gasteiger partial charge on any atom is -1.00 e. The summed E-state index contributed by atoms with van der Waals surface area (Å²) in [6.45, 7) is 7.00. The fraction of sp³-hybridized carbons (Fsp3) is 0.909. The van der Waals surface area contributed by atoms with Gasteiger partial charge in [0.1, 0.15) is 12.4 Å². The van der Waals surface area contributed by atoms with Crippen molar-refractivity contribution in [2.75, 3.05) is 0 Å². The van der Waals surface area contributed by atoms with Crippen molar-refractivity contribution in [1.82, 2.24) is 4.57 Å². The third-order valence-electron chi connectivity index (χ3n) is 7.79. The lowest BCUT2D eigenvalue weighted by molar-refractivity contribution is -0.696. The van der Waals surface area contributed by atoms with Crippen LogP contribution in [0.3, 0.4) is 0 Å². The molecule has 2 nitrogen and oxygen atoms in total. The summed E-state index contributed by atoms with van der Waals surface area (Å²) in [6, 6.07) is 0. The molecule has 0 spiro atoms. The number of aryl methyl sites for hydroxylation is 2. The van der Waals surface area contributed by atoms with E-state index in [1.165, 1.54) is 180 Å². The first-order valence-corrected chi connectivity index (χ1v) is 16.4. The molecule has 0 bridgehead atoms. The smallest absolute Gasteiger partial charge is 0.243 e. The number of nitrogens with zero attached hydrogens (tertiary/aromatic N) is 2. The Kier molecular flexibility index (Phi) is 29.0. The molecule has 1 aromatic heterocycles. The maximum atomic E-state index is 2.40. The largest absolute Gasteiger partial charge is 1.00 e. The molecule has 3 heteroatoms. The Balaban J connectivity index is 0.0000122. The van der Waals surface area contributed by atoms with Crippen LogP contribution in [-0.2, 0) is 13.1 Å². The lowest BCUT2D eigenvalue weighted by atomic mass is 10.0. The van der Waals surface area contributed by atoms with Crippen molar-refractivity contribution < 1.29 is 21.5 Å². The summed E-state index contributed by atoms with van der Waals surface area (Å²) in [5, 5.41) is 0. The molecule has 0 aliphatic heterocycles. The molecule has 1 rings (SSSR count). The van der Waals surface area contributed by atoms with Gasteiger partial charge in [0.15, 0.2) is 0 Å². The van der Waals surface area contributed by atoms with E-state index in [1.54, 1.807) is 0 Å². The summed E-state index contributed by atoms with van der Waals surface area (Å²) in [7, 11) is 0. The second-order valence-electron chi connectivity index (χ2n) is 11.4. The summed E-state index contributed by atoms with van der Waals surface area (Å²) in [5.41, 5.74) is 0. The summed E-state index contributed by atoms with van der Waals surface area (Å²) in [6.07, 6.45) is 44.2. The first kappa shape index (κ1) is 35.7. The van der Waals surface area contributed by atoms with E-state index in [1.807, 2.05) is 0 Å². The van der Waals surface area contributed by atoms with Crippen molar-refractivity contribution in [2.45, 2.75) is 194 Å². The molecule has 36 heavy (non-hydrogen) atoms. The van der Waals surface area contributed by atoms with Crippen molar-refractivity contribution in [1.29, 1.82) is 0 Å². The highest BCUT2D eigenvalue weighted by Gasteiger charge is 2.03. The normalized spacial score (nSPS) is 11.2. The average molecular weight is 570 g/mol. The van der Waals surface area contributed by atoms with Gasteiger partial charge in [0, 0.05) is 0 Å². The zero-order valence-electron chi connectivity index (χ0n) is 24.8. The van der Waals surface area contributed by atoms with Gasteiger partial charge in [-0.15, -0.1) is 0 Å². The van der Waals surface area contributed by atoms with E-state index in [9.17, 15) is 0 Å². The van der Waals surface area contributed by atoms with Crippen LogP contribution in [0.1, 0.15) is 181 Å². The highest BCUT2D eigenvalue weighted by atomic mass is 79.9. The molecular weight excluding hydrogens is 504 g/mol. The van der Waals surface area contributed by atoms with E-state index < -0.39 is 0 Å². The standard InChI is InChI=1S/C33H65N2.BrH/c1-3-5-7-9-11-13-15-16-17-18-19-20-22-24-26-28-30-35-32-31-34(33-35)29-27-25-23-21-14-12-10-8-6-4-2;/h31-33H,3-30H2,1-2H3;1H/q+1;/p-1. The van der Waals surface area contributed by atoms with Crippen LogP contribution in [0.4, 0.5) is 0 Å². The first-order valence-electron chi connectivity index (χ1n) is 16.4. The van der Waals surface area contributed by atoms with Crippen LogP contribution in [0, 0.1) is 0 Å². The fourth-order valence-corrected chi connectivity index (χ4v) is 5.33. The lowest BCUT2D eigenvalue weighted by Gasteiger charge is -2.03. The molecule has 0 atom stereocenters. The van der Waals surface area contributed by atoms with Gasteiger partial charge >= 0.3 is 0 Å². The molecule has 0 aromatic carbocycles. The number of imidazole rings is 1. The van der Waals surface area contributed by atoms with E-state index in [2.05, 4.69) is 41.7 Å². The fourth-order valence-electron chi connectivity index (χ4n) is 5.33. The number of hydrogen-bond donors (Lipinski definition) is 0. The van der Waals surface area contributed by atoms with Gasteiger partial charge in [-0.25, -0.2) is 9.13 Å². The molecule has 0 saturated carbocycles. The number of hydrogen-bond acceptors (Lipinski definition) is 0. The number of halogens is 1. The zero-order valence-corrected chi connectivity index (χ0v) is 26.4. The molecule has 1 aromatic rings. The summed E-state index contributed by atoms with van der Waals surface area (Å²) in [4.78, 5) is 0. The van der Waals surface area contributed by atoms with Gasteiger partial charge in [-0.1, -0.05) is 155 Å². The van der Waals surface area contributed by atoms with Gasteiger partial charge < -0.3 is 17.0 Å². The third kappa shape index (κ3) is 24.1. The molecule has 0 saturated heterocycles. The predicted molar refractivity (Wildman–Crippen MR) is 156 cm³/mol. The van der Waals surface area contributed by atoms with Gasteiger partial charge in [0.25, 0.3) is 0 Å². The van der Waals surface area contributed by atoms with Crippen LogP contribution in [0.25, 0.3) is 0 Å². The Hall–Kier alpha value is -0.310. The van der Waals surface area contributed by atoms with E-state index in [-0.39, 0.29) is 17.0 Å². The number of aromatic nitrogens is 2. The Morgan fingerprint density at radius 2 is 0.778 bits per heavy atom. The molecule has 0 N–H and O–H groups in total. The van der Waals surface area contributed by atoms with Crippen molar-refractivity contribution >= 4 is 0 Å². The Morgan fingerprint density at radius 3 is 1.17 bits per heavy atom. The van der Waals surface area contributed by atoms with Crippen molar-refractivity contribution in [3.8, 4) is 0 Å². The van der Waals surface area contributed by atoms with Crippen molar-refractivity contribution in [2.24, 2.45) is 0 Å². The van der Waals surface area contributed by atoms with Crippen LogP contribution in [-0.4, -0.2) is 4.57 Å². The van der Waals surface area contributed by atoms with Crippen LogP contribution in [0.2, 0.25) is 0 Å². The maximum absolute atomic E-state index is 2.40. The molecular formula is C33H65BrN2. The summed E-state index contributed by atoms with van der Waals surface area (Å²) < 4.78 is 4.80. The quantitative estimate of drug-likeness (QED) is 0.0715. The minimum atomic E-state index is 0. The predicted octanol–water partition coefficient (Wildman–Crippen LogP) is 7.96. The molecule has 1 heterocycles. The van der Waals surface area contributed by atoms with E-state index in [4.69, 9.17) is 0 Å². The van der Waals surface area contributed by atoms with Gasteiger partial charge in [-0.05, 0) is 25.7 Å². The van der Waals surface area contributed by atoms with Crippen molar-refractivity contribution in [3.05, 3.63) is 18.7 Å². The van der Waals surface area contributed by atoms with Gasteiger partial charge in [-0.3, -0.25) is 0 Å². The van der Waals surface area contributed by atoms with Crippen LogP contribution >= 0.6 is 0 Å². The first-order chi connectivity index (χ1) is 17.4. The Bertz CT molecular complexity index is 528. The van der Waals surface area contributed by atoms with Gasteiger partial charge in [0.2, 0.25) is 6.33 Å². The van der Waals surface area contributed by atoms with E-state index in [0.29, 0.717) is 0 Å². The third-order valence-corrected chi connectivity index (χ3v) is 7.79. The molecule has 0 aliphatic carbocycles. The van der Waals surface area contributed by atoms with Crippen LogP contribution in [0.15, 0.2) is 18.7 Å². The maximum Gasteiger partial charge on any atom is 0.243 e. The topological polar surface area (TPSA) is 8.81 Å². The zero-order chi connectivity index (χ0) is 25.1. The number of unbranched alkanes of at least 4 members (excludes halogenated alkanes) is 24. The molecule has 0 radical (unpaired) electrons. The average Bonchev–Trinajstić information content (AvgIpc) is 3.32. The second-order valence-corrected chi connectivity index (χ2v) is 11.4. The van der Waals surface area contributed by atoms with Crippen molar-refractivity contribution in [3.63, 3.8) is 0 Å². The van der Waals surface area contributed by atoms with E-state index >= 15 is 0 Å². The second kappa shape index (κ2) is 29.2. The highest BCUT2D eigenvalue weighted by Crippen LogP contribution is 2.14. The molecule has 0 amide bonds. The lowest BCUT2D eigenvalue weighted by Crippen LogP contribution is -3.00. The number of rotatable bonds is 28. The van der Waals surface area contributed by atoms with Gasteiger partial charge in [0.05, 0.1) is 13.1 Å². The summed E-state index contributed by atoms with van der Waals surface area (Å²) in [5.74, 6) is 0. The monoisotopic (exact) mass is 568 g/mol. The Morgan fingerprint density at radius 1 is 0.444 bits per heavy atom. The summed E-state index contributed by atoms with van der Waals surface area (Å²) >= 11 is 0. The van der Waals surface area contributed by atoms with E-state index in [0.717, 1.165) is 0 Å².